The summed E-state index contributed by atoms with van der Waals surface area (Å²) in [5.41, 5.74) is 1.00. The van der Waals surface area contributed by atoms with Gasteiger partial charge < -0.3 is 15.4 Å². The van der Waals surface area contributed by atoms with Crippen LogP contribution in [-0.4, -0.2) is 19.1 Å². The van der Waals surface area contributed by atoms with Crippen LogP contribution in [0.4, 0.5) is 20.2 Å². The van der Waals surface area contributed by atoms with Crippen LogP contribution in [0.3, 0.4) is 0 Å². The van der Waals surface area contributed by atoms with E-state index in [9.17, 15) is 13.6 Å². The summed E-state index contributed by atoms with van der Waals surface area (Å²) < 4.78 is 28.9. The molecule has 21 heavy (non-hydrogen) atoms. The van der Waals surface area contributed by atoms with E-state index >= 15 is 0 Å². The smallest absolute Gasteiger partial charge is 0.387 e. The van der Waals surface area contributed by atoms with Crippen molar-refractivity contribution < 1.29 is 18.3 Å². The van der Waals surface area contributed by atoms with Gasteiger partial charge in [0.2, 0.25) is 5.91 Å². The first-order valence-electron chi connectivity index (χ1n) is 6.28. The van der Waals surface area contributed by atoms with Gasteiger partial charge in [0.25, 0.3) is 0 Å². The maximum atomic E-state index is 12.3. The summed E-state index contributed by atoms with van der Waals surface area (Å²) >= 11 is 0. The van der Waals surface area contributed by atoms with Crippen molar-refractivity contribution in [2.45, 2.75) is 6.61 Å². The first-order valence-corrected chi connectivity index (χ1v) is 6.28. The molecule has 0 bridgehead atoms. The lowest BCUT2D eigenvalue weighted by molar-refractivity contribution is -0.114. The molecule has 0 aliphatic heterocycles. The van der Waals surface area contributed by atoms with E-state index in [-0.39, 0.29) is 18.2 Å². The zero-order valence-electron chi connectivity index (χ0n) is 11.1. The average molecular weight is 292 g/mol. The molecule has 2 aromatic rings. The second-order valence-electron chi connectivity index (χ2n) is 4.14. The topological polar surface area (TPSA) is 50.4 Å². The summed E-state index contributed by atoms with van der Waals surface area (Å²) in [6.07, 6.45) is 0. The molecule has 6 heteroatoms. The SMILES string of the molecule is O=C(CNc1ccccc1OC(F)F)Nc1ccccc1. The van der Waals surface area contributed by atoms with Crippen LogP contribution < -0.4 is 15.4 Å². The van der Waals surface area contributed by atoms with E-state index in [2.05, 4.69) is 15.4 Å². The van der Waals surface area contributed by atoms with Crippen LogP contribution in [0.15, 0.2) is 54.6 Å². The Bertz CT molecular complexity index is 591. The number of carbonyl (C=O) groups excluding carboxylic acids is 1. The van der Waals surface area contributed by atoms with E-state index < -0.39 is 6.61 Å². The Labute approximate surface area is 120 Å². The largest absolute Gasteiger partial charge is 0.433 e. The minimum atomic E-state index is -2.91. The summed E-state index contributed by atoms with van der Waals surface area (Å²) in [6.45, 7) is -2.97. The number of para-hydroxylation sites is 3. The maximum absolute atomic E-state index is 12.3. The highest BCUT2D eigenvalue weighted by atomic mass is 19.3. The Kier molecular flexibility index (Phi) is 5.09. The van der Waals surface area contributed by atoms with Crippen LogP contribution in [0.2, 0.25) is 0 Å². The van der Waals surface area contributed by atoms with Crippen LogP contribution in [0, 0.1) is 0 Å². The number of halogens is 2. The van der Waals surface area contributed by atoms with Gasteiger partial charge in [-0.2, -0.15) is 8.78 Å². The van der Waals surface area contributed by atoms with Gasteiger partial charge in [0.1, 0.15) is 5.75 Å². The number of anilines is 2. The molecule has 0 aliphatic carbocycles. The first-order chi connectivity index (χ1) is 10.1. The van der Waals surface area contributed by atoms with Crippen molar-refractivity contribution >= 4 is 17.3 Å². The Morgan fingerprint density at radius 1 is 1.05 bits per heavy atom. The van der Waals surface area contributed by atoms with Gasteiger partial charge >= 0.3 is 6.61 Å². The summed E-state index contributed by atoms with van der Waals surface area (Å²) in [7, 11) is 0. The van der Waals surface area contributed by atoms with Crippen LogP contribution in [0.1, 0.15) is 0 Å². The number of carbonyl (C=O) groups is 1. The normalized spacial score (nSPS) is 10.2. The fraction of sp³-hybridized carbons (Fsp3) is 0.133. The van der Waals surface area contributed by atoms with E-state index in [1.807, 2.05) is 6.07 Å². The van der Waals surface area contributed by atoms with Crippen LogP contribution in [0.25, 0.3) is 0 Å². The Balaban J connectivity index is 1.92. The van der Waals surface area contributed by atoms with Gasteiger partial charge in [-0.3, -0.25) is 4.79 Å². The molecule has 2 aromatic carbocycles. The quantitative estimate of drug-likeness (QED) is 0.858. The second-order valence-corrected chi connectivity index (χ2v) is 4.14. The maximum Gasteiger partial charge on any atom is 0.387 e. The number of amides is 1. The summed E-state index contributed by atoms with van der Waals surface area (Å²) in [4.78, 5) is 11.8. The minimum Gasteiger partial charge on any atom is -0.433 e. The summed E-state index contributed by atoms with van der Waals surface area (Å²) in [5.74, 6) is -0.284. The third-order valence-corrected chi connectivity index (χ3v) is 2.60. The first kappa shape index (κ1) is 14.8. The molecule has 110 valence electrons. The van der Waals surface area contributed by atoms with Crippen molar-refractivity contribution in [3.05, 3.63) is 54.6 Å². The highest BCUT2D eigenvalue weighted by Gasteiger charge is 2.10. The predicted octanol–water partition coefficient (Wildman–Crippen LogP) is 3.34. The zero-order chi connectivity index (χ0) is 15.1. The van der Waals surface area contributed by atoms with Crippen molar-refractivity contribution in [1.82, 2.24) is 0 Å². The lowest BCUT2D eigenvalue weighted by Crippen LogP contribution is -2.22. The Morgan fingerprint density at radius 2 is 1.71 bits per heavy atom. The molecule has 2 rings (SSSR count). The lowest BCUT2D eigenvalue weighted by Gasteiger charge is -2.12. The third kappa shape index (κ3) is 4.76. The number of alkyl halides is 2. The minimum absolute atomic E-state index is 0.0000103. The third-order valence-electron chi connectivity index (χ3n) is 2.60. The van der Waals surface area contributed by atoms with Gasteiger partial charge in [0, 0.05) is 5.69 Å². The van der Waals surface area contributed by atoms with Gasteiger partial charge in [0.15, 0.2) is 0 Å². The number of rotatable bonds is 6. The molecule has 0 atom stereocenters. The second kappa shape index (κ2) is 7.23. The molecular weight excluding hydrogens is 278 g/mol. The lowest BCUT2D eigenvalue weighted by atomic mass is 10.3. The van der Waals surface area contributed by atoms with Gasteiger partial charge in [0.05, 0.1) is 12.2 Å². The van der Waals surface area contributed by atoms with Crippen molar-refractivity contribution in [3.63, 3.8) is 0 Å². The number of benzene rings is 2. The monoisotopic (exact) mass is 292 g/mol. The fourth-order valence-corrected chi connectivity index (χ4v) is 1.71. The predicted molar refractivity (Wildman–Crippen MR) is 76.6 cm³/mol. The van der Waals surface area contributed by atoms with Crippen molar-refractivity contribution in [1.29, 1.82) is 0 Å². The van der Waals surface area contributed by atoms with Gasteiger partial charge in [-0.05, 0) is 24.3 Å². The molecule has 0 spiro atoms. The molecule has 4 nitrogen and oxygen atoms in total. The zero-order valence-corrected chi connectivity index (χ0v) is 11.1. The number of hydrogen-bond acceptors (Lipinski definition) is 3. The summed E-state index contributed by atoms with van der Waals surface area (Å²) in [6, 6.07) is 15.2. The van der Waals surface area contributed by atoms with Gasteiger partial charge in [-0.25, -0.2) is 0 Å². The molecule has 0 radical (unpaired) electrons. The molecule has 2 N–H and O–H groups in total. The van der Waals surface area contributed by atoms with Crippen molar-refractivity contribution in [2.24, 2.45) is 0 Å². The van der Waals surface area contributed by atoms with E-state index in [1.165, 1.54) is 6.07 Å². The van der Waals surface area contributed by atoms with E-state index in [0.717, 1.165) is 0 Å². The van der Waals surface area contributed by atoms with Crippen molar-refractivity contribution in [3.8, 4) is 5.75 Å². The molecule has 0 aliphatic rings. The molecule has 0 unspecified atom stereocenters. The van der Waals surface area contributed by atoms with E-state index in [4.69, 9.17) is 0 Å². The Morgan fingerprint density at radius 3 is 2.43 bits per heavy atom. The van der Waals surface area contributed by atoms with Crippen LogP contribution in [0.5, 0.6) is 5.75 Å². The molecule has 1 amide bonds. The van der Waals surface area contributed by atoms with E-state index in [1.54, 1.807) is 42.5 Å². The molecule has 0 heterocycles. The highest BCUT2D eigenvalue weighted by molar-refractivity contribution is 5.93. The standard InChI is InChI=1S/C15H14F2N2O2/c16-15(17)21-13-9-5-4-8-12(13)18-10-14(20)19-11-6-2-1-3-7-11/h1-9,15,18H,10H2,(H,19,20). The molecular formula is C15H14F2N2O2. The van der Waals surface area contributed by atoms with Gasteiger partial charge in [-0.15, -0.1) is 0 Å². The van der Waals surface area contributed by atoms with Crippen LogP contribution >= 0.6 is 0 Å². The number of ether oxygens (including phenoxy) is 1. The number of nitrogens with one attached hydrogen (secondary N) is 2. The number of hydrogen-bond donors (Lipinski definition) is 2. The van der Waals surface area contributed by atoms with Crippen molar-refractivity contribution in [2.75, 3.05) is 17.2 Å². The molecule has 0 fully saturated rings. The Hall–Kier alpha value is -2.63. The molecule has 0 saturated heterocycles. The van der Waals surface area contributed by atoms with Gasteiger partial charge in [-0.1, -0.05) is 30.3 Å². The van der Waals surface area contributed by atoms with E-state index in [0.29, 0.717) is 11.4 Å². The fourth-order valence-electron chi connectivity index (χ4n) is 1.71. The highest BCUT2D eigenvalue weighted by Crippen LogP contribution is 2.25. The molecule has 0 aromatic heterocycles. The average Bonchev–Trinajstić information content (AvgIpc) is 2.47. The molecule has 0 saturated carbocycles. The van der Waals surface area contributed by atoms with Crippen LogP contribution in [-0.2, 0) is 4.79 Å². The summed E-state index contributed by atoms with van der Waals surface area (Å²) in [5, 5.41) is 5.45.